The standard InChI is InChI=1S/C13H17NO/c1-9-7-14(3)13-11(8-15)5-4-6-12(13)10(9)2/h4-6,15H,7-8H2,1-3H3. The van der Waals surface area contributed by atoms with Crippen molar-refractivity contribution in [3.63, 3.8) is 0 Å². The second-order valence-corrected chi connectivity index (χ2v) is 4.23. The Bertz CT molecular complexity index is 421. The van der Waals surface area contributed by atoms with Crippen LogP contribution in [0.4, 0.5) is 5.69 Å². The third-order valence-electron chi connectivity index (χ3n) is 3.19. The lowest BCUT2D eigenvalue weighted by Gasteiger charge is -2.31. The fourth-order valence-corrected chi connectivity index (χ4v) is 2.26. The summed E-state index contributed by atoms with van der Waals surface area (Å²) in [6, 6.07) is 6.13. The minimum atomic E-state index is 0.111. The third-order valence-corrected chi connectivity index (χ3v) is 3.19. The van der Waals surface area contributed by atoms with Gasteiger partial charge in [-0.15, -0.1) is 0 Å². The van der Waals surface area contributed by atoms with E-state index in [1.54, 1.807) is 0 Å². The molecule has 1 aliphatic rings. The number of fused-ring (bicyclic) bond motifs is 1. The third kappa shape index (κ3) is 1.55. The molecule has 0 amide bonds. The molecule has 0 aliphatic carbocycles. The number of aliphatic hydroxyl groups excluding tert-OH is 1. The molecule has 0 unspecified atom stereocenters. The van der Waals surface area contributed by atoms with E-state index < -0.39 is 0 Å². The SMILES string of the molecule is CC1=C(C)c2cccc(CO)c2N(C)C1. The fourth-order valence-electron chi connectivity index (χ4n) is 2.26. The Morgan fingerprint density at radius 1 is 1.33 bits per heavy atom. The van der Waals surface area contributed by atoms with Crippen LogP contribution in [0.25, 0.3) is 5.57 Å². The lowest BCUT2D eigenvalue weighted by atomic mass is 9.93. The maximum absolute atomic E-state index is 9.32. The van der Waals surface area contributed by atoms with Crippen LogP contribution >= 0.6 is 0 Å². The van der Waals surface area contributed by atoms with Crippen LogP contribution in [-0.4, -0.2) is 18.7 Å². The Morgan fingerprint density at radius 3 is 2.73 bits per heavy atom. The van der Waals surface area contributed by atoms with Crippen molar-refractivity contribution in [2.45, 2.75) is 20.5 Å². The van der Waals surface area contributed by atoms with Gasteiger partial charge in [0.05, 0.1) is 6.61 Å². The number of benzene rings is 1. The van der Waals surface area contributed by atoms with Gasteiger partial charge in [0.15, 0.2) is 0 Å². The molecule has 2 rings (SSSR count). The number of aliphatic hydroxyl groups is 1. The van der Waals surface area contributed by atoms with Crippen molar-refractivity contribution in [1.82, 2.24) is 0 Å². The summed E-state index contributed by atoms with van der Waals surface area (Å²) in [5, 5.41) is 9.32. The van der Waals surface area contributed by atoms with E-state index in [1.807, 2.05) is 12.1 Å². The van der Waals surface area contributed by atoms with Crippen LogP contribution in [0.2, 0.25) is 0 Å². The lowest BCUT2D eigenvalue weighted by Crippen LogP contribution is -2.25. The molecule has 0 saturated heterocycles. The Kier molecular flexibility index (Phi) is 2.53. The predicted molar refractivity (Wildman–Crippen MR) is 63.9 cm³/mol. The second kappa shape index (κ2) is 3.70. The van der Waals surface area contributed by atoms with E-state index >= 15 is 0 Å². The van der Waals surface area contributed by atoms with Crippen molar-refractivity contribution in [3.8, 4) is 0 Å². The topological polar surface area (TPSA) is 23.5 Å². The molecule has 2 nitrogen and oxygen atoms in total. The average Bonchev–Trinajstić information content (AvgIpc) is 2.25. The molecular weight excluding hydrogens is 186 g/mol. The van der Waals surface area contributed by atoms with Crippen LogP contribution in [-0.2, 0) is 6.61 Å². The zero-order valence-corrected chi connectivity index (χ0v) is 9.54. The maximum atomic E-state index is 9.32. The van der Waals surface area contributed by atoms with Crippen LogP contribution < -0.4 is 4.90 Å². The van der Waals surface area contributed by atoms with E-state index in [9.17, 15) is 5.11 Å². The molecule has 15 heavy (non-hydrogen) atoms. The normalized spacial score (nSPS) is 15.6. The second-order valence-electron chi connectivity index (χ2n) is 4.23. The summed E-state index contributed by atoms with van der Waals surface area (Å²) in [7, 11) is 2.08. The number of anilines is 1. The summed E-state index contributed by atoms with van der Waals surface area (Å²) >= 11 is 0. The molecule has 1 aliphatic heterocycles. The Morgan fingerprint density at radius 2 is 2.07 bits per heavy atom. The molecule has 0 saturated carbocycles. The molecule has 1 aromatic rings. The molecule has 0 spiro atoms. The van der Waals surface area contributed by atoms with Crippen molar-refractivity contribution in [1.29, 1.82) is 0 Å². The Balaban J connectivity index is 2.66. The summed E-state index contributed by atoms with van der Waals surface area (Å²) in [4.78, 5) is 2.21. The first-order chi connectivity index (χ1) is 7.15. The minimum absolute atomic E-state index is 0.111. The minimum Gasteiger partial charge on any atom is -0.392 e. The molecule has 80 valence electrons. The number of hydrogen-bond donors (Lipinski definition) is 1. The van der Waals surface area contributed by atoms with Gasteiger partial charge in [0, 0.05) is 30.4 Å². The average molecular weight is 203 g/mol. The molecule has 1 heterocycles. The zero-order valence-electron chi connectivity index (χ0n) is 9.54. The predicted octanol–water partition coefficient (Wildman–Crippen LogP) is 2.42. The number of nitrogens with zero attached hydrogens (tertiary/aromatic N) is 1. The highest BCUT2D eigenvalue weighted by atomic mass is 16.3. The summed E-state index contributed by atoms with van der Waals surface area (Å²) in [5.41, 5.74) is 6.20. The van der Waals surface area contributed by atoms with E-state index in [0.29, 0.717) is 0 Å². The highest BCUT2D eigenvalue weighted by molar-refractivity contribution is 5.82. The van der Waals surface area contributed by atoms with Gasteiger partial charge in [-0.1, -0.05) is 23.8 Å². The van der Waals surface area contributed by atoms with Crippen LogP contribution in [0.15, 0.2) is 23.8 Å². The number of para-hydroxylation sites is 1. The van der Waals surface area contributed by atoms with Crippen molar-refractivity contribution in [2.24, 2.45) is 0 Å². The highest BCUT2D eigenvalue weighted by Crippen LogP contribution is 2.36. The number of rotatable bonds is 1. The number of hydrogen-bond acceptors (Lipinski definition) is 2. The van der Waals surface area contributed by atoms with Gasteiger partial charge in [-0.2, -0.15) is 0 Å². The van der Waals surface area contributed by atoms with Crippen LogP contribution in [0.3, 0.4) is 0 Å². The first kappa shape index (κ1) is 10.2. The highest BCUT2D eigenvalue weighted by Gasteiger charge is 2.19. The maximum Gasteiger partial charge on any atom is 0.0702 e. The van der Waals surface area contributed by atoms with Gasteiger partial charge < -0.3 is 10.0 Å². The van der Waals surface area contributed by atoms with E-state index in [1.165, 1.54) is 22.4 Å². The van der Waals surface area contributed by atoms with E-state index in [0.717, 1.165) is 12.1 Å². The van der Waals surface area contributed by atoms with E-state index in [-0.39, 0.29) is 6.61 Å². The summed E-state index contributed by atoms with van der Waals surface area (Å²) in [5.74, 6) is 0. The van der Waals surface area contributed by atoms with Gasteiger partial charge in [0.1, 0.15) is 0 Å². The summed E-state index contributed by atoms with van der Waals surface area (Å²) < 4.78 is 0. The molecule has 0 radical (unpaired) electrons. The van der Waals surface area contributed by atoms with E-state index in [2.05, 4.69) is 31.9 Å². The zero-order chi connectivity index (χ0) is 11.0. The summed E-state index contributed by atoms with van der Waals surface area (Å²) in [6.07, 6.45) is 0. The molecule has 2 heteroatoms. The fraction of sp³-hybridized carbons (Fsp3) is 0.385. The van der Waals surface area contributed by atoms with Crippen molar-refractivity contribution < 1.29 is 5.11 Å². The number of likely N-dealkylation sites (N-methyl/N-ethyl adjacent to an activating group) is 1. The van der Waals surface area contributed by atoms with Gasteiger partial charge in [0.25, 0.3) is 0 Å². The van der Waals surface area contributed by atoms with Gasteiger partial charge in [-0.25, -0.2) is 0 Å². The summed E-state index contributed by atoms with van der Waals surface area (Å²) in [6.45, 7) is 5.39. The molecule has 0 fully saturated rings. The Labute approximate surface area is 90.8 Å². The van der Waals surface area contributed by atoms with Crippen LogP contribution in [0.1, 0.15) is 25.0 Å². The smallest absolute Gasteiger partial charge is 0.0702 e. The molecule has 1 N–H and O–H groups in total. The molecule has 1 aromatic carbocycles. The number of allylic oxidation sites excluding steroid dienone is 1. The molecule has 0 bridgehead atoms. The lowest BCUT2D eigenvalue weighted by molar-refractivity contribution is 0.282. The quantitative estimate of drug-likeness (QED) is 0.757. The van der Waals surface area contributed by atoms with E-state index in [4.69, 9.17) is 0 Å². The largest absolute Gasteiger partial charge is 0.392 e. The molecule has 0 aromatic heterocycles. The van der Waals surface area contributed by atoms with Gasteiger partial charge in [-0.05, 0) is 19.4 Å². The van der Waals surface area contributed by atoms with Crippen LogP contribution in [0, 0.1) is 0 Å². The Hall–Kier alpha value is -1.28. The van der Waals surface area contributed by atoms with Gasteiger partial charge >= 0.3 is 0 Å². The molecule has 0 atom stereocenters. The van der Waals surface area contributed by atoms with Crippen LogP contribution in [0.5, 0.6) is 0 Å². The van der Waals surface area contributed by atoms with Crippen molar-refractivity contribution in [3.05, 3.63) is 34.9 Å². The molecular formula is C13H17NO. The monoisotopic (exact) mass is 203 g/mol. The van der Waals surface area contributed by atoms with Gasteiger partial charge in [-0.3, -0.25) is 0 Å². The van der Waals surface area contributed by atoms with Gasteiger partial charge in [0.2, 0.25) is 0 Å². The first-order valence-electron chi connectivity index (χ1n) is 5.25. The van der Waals surface area contributed by atoms with Crippen molar-refractivity contribution >= 4 is 11.3 Å². The first-order valence-corrected chi connectivity index (χ1v) is 5.25. The van der Waals surface area contributed by atoms with Crippen molar-refractivity contribution in [2.75, 3.05) is 18.5 Å².